The first-order valence-electron chi connectivity index (χ1n) is 8.28. The number of hydrogen-bond acceptors (Lipinski definition) is 4. The van der Waals surface area contributed by atoms with Crippen LogP contribution in [0.4, 0.5) is 4.39 Å². The monoisotopic (exact) mass is 343 g/mol. The molecule has 2 heterocycles. The third kappa shape index (κ3) is 2.96. The predicted molar refractivity (Wildman–Crippen MR) is 92.2 cm³/mol. The molecular weight excluding hydrogens is 325 g/mol. The van der Waals surface area contributed by atoms with Crippen LogP contribution in [0.2, 0.25) is 0 Å². The molecule has 1 aromatic heterocycles. The van der Waals surface area contributed by atoms with Crippen molar-refractivity contribution in [2.45, 2.75) is 13.0 Å². The molecule has 0 saturated carbocycles. The Morgan fingerprint density at radius 3 is 2.64 bits per heavy atom. The quantitative estimate of drug-likeness (QED) is 0.880. The molecule has 0 radical (unpaired) electrons. The summed E-state index contributed by atoms with van der Waals surface area (Å²) in [6.07, 6.45) is 4.02. The van der Waals surface area contributed by atoms with E-state index in [1.165, 1.54) is 12.3 Å². The lowest BCUT2D eigenvalue weighted by molar-refractivity contribution is 0.0695. The molecule has 130 valence electrons. The Bertz CT molecular complexity index is 958. The number of piperazine rings is 1. The van der Waals surface area contributed by atoms with E-state index in [0.29, 0.717) is 17.6 Å². The number of fused-ring (bicyclic) bond motifs is 1. The zero-order valence-corrected chi connectivity index (χ0v) is 13.6. The SMILES string of the molecule is O=C(O)c1cn(C2=CC2)c2cc(CN3CCNCC3)c(F)cc2c1=O. The van der Waals surface area contributed by atoms with Crippen LogP contribution in [-0.2, 0) is 6.54 Å². The van der Waals surface area contributed by atoms with Gasteiger partial charge in [-0.2, -0.15) is 0 Å². The molecule has 2 N–H and O–H groups in total. The average molecular weight is 343 g/mol. The van der Waals surface area contributed by atoms with E-state index in [0.717, 1.165) is 38.3 Å². The number of rotatable bonds is 4. The fraction of sp³-hybridized carbons (Fsp3) is 0.333. The minimum Gasteiger partial charge on any atom is -0.477 e. The first-order valence-corrected chi connectivity index (χ1v) is 8.28. The predicted octanol–water partition coefficient (Wildman–Crippen LogP) is 1.49. The van der Waals surface area contributed by atoms with Crippen LogP contribution >= 0.6 is 0 Å². The van der Waals surface area contributed by atoms with Gasteiger partial charge in [-0.05, 0) is 12.1 Å². The number of carboxylic acids is 1. The Hall–Kier alpha value is -2.51. The second-order valence-corrected chi connectivity index (χ2v) is 6.43. The summed E-state index contributed by atoms with van der Waals surface area (Å²) < 4.78 is 16.3. The van der Waals surface area contributed by atoms with E-state index in [9.17, 15) is 19.1 Å². The van der Waals surface area contributed by atoms with Crippen LogP contribution in [0.3, 0.4) is 0 Å². The maximum Gasteiger partial charge on any atom is 0.341 e. The van der Waals surface area contributed by atoms with Crippen molar-refractivity contribution in [3.05, 3.63) is 51.6 Å². The van der Waals surface area contributed by atoms with Crippen molar-refractivity contribution >= 4 is 22.6 Å². The summed E-state index contributed by atoms with van der Waals surface area (Å²) in [5, 5.41) is 12.6. The second-order valence-electron chi connectivity index (χ2n) is 6.43. The third-order valence-electron chi connectivity index (χ3n) is 4.70. The Morgan fingerprint density at radius 1 is 1.28 bits per heavy atom. The van der Waals surface area contributed by atoms with Crippen molar-refractivity contribution in [3.63, 3.8) is 0 Å². The van der Waals surface area contributed by atoms with E-state index in [-0.39, 0.29) is 10.9 Å². The summed E-state index contributed by atoms with van der Waals surface area (Å²) in [6.45, 7) is 3.89. The highest BCUT2D eigenvalue weighted by molar-refractivity contribution is 5.94. The number of nitrogens with zero attached hydrogens (tertiary/aromatic N) is 2. The Kier molecular flexibility index (Phi) is 3.89. The molecule has 0 atom stereocenters. The highest BCUT2D eigenvalue weighted by atomic mass is 19.1. The van der Waals surface area contributed by atoms with E-state index in [2.05, 4.69) is 10.2 Å². The van der Waals surface area contributed by atoms with Crippen molar-refractivity contribution < 1.29 is 14.3 Å². The van der Waals surface area contributed by atoms with Gasteiger partial charge in [-0.1, -0.05) is 6.08 Å². The number of halogens is 1. The Labute approximate surface area is 143 Å². The molecule has 0 amide bonds. The number of carbonyl (C=O) groups is 1. The topological polar surface area (TPSA) is 74.6 Å². The number of pyridine rings is 1. The zero-order valence-electron chi connectivity index (χ0n) is 13.6. The summed E-state index contributed by atoms with van der Waals surface area (Å²) >= 11 is 0. The van der Waals surface area contributed by atoms with Crippen LogP contribution in [0.5, 0.6) is 0 Å². The number of carboxylic acid groups (broad SMARTS) is 1. The summed E-state index contributed by atoms with van der Waals surface area (Å²) in [5.74, 6) is -1.77. The fourth-order valence-electron chi connectivity index (χ4n) is 3.25. The molecule has 0 unspecified atom stereocenters. The van der Waals surface area contributed by atoms with Gasteiger partial charge in [0.15, 0.2) is 0 Å². The van der Waals surface area contributed by atoms with Crippen molar-refractivity contribution in [1.29, 1.82) is 0 Å². The van der Waals surface area contributed by atoms with Crippen molar-refractivity contribution in [2.24, 2.45) is 0 Å². The molecule has 6 nitrogen and oxygen atoms in total. The second kappa shape index (κ2) is 6.09. The highest BCUT2D eigenvalue weighted by Gasteiger charge is 2.21. The first-order chi connectivity index (χ1) is 12.0. The molecule has 7 heteroatoms. The average Bonchev–Trinajstić information content (AvgIpc) is 3.42. The lowest BCUT2D eigenvalue weighted by Crippen LogP contribution is -2.43. The van der Waals surface area contributed by atoms with Crippen LogP contribution < -0.4 is 10.7 Å². The molecule has 0 bridgehead atoms. The minimum absolute atomic E-state index is 0.106. The summed E-state index contributed by atoms with van der Waals surface area (Å²) in [4.78, 5) is 25.9. The van der Waals surface area contributed by atoms with Gasteiger partial charge in [-0.3, -0.25) is 9.69 Å². The number of nitrogens with one attached hydrogen (secondary N) is 1. The molecule has 0 spiro atoms. The van der Waals surface area contributed by atoms with Crippen molar-refractivity contribution in [3.8, 4) is 0 Å². The standard InChI is InChI=1S/C18H18FN3O3/c19-15-8-13-16(7-11(15)9-21-5-3-20-4-6-21)22(12-1-2-12)10-14(17(13)23)18(24)25/h1,7-8,10,20H,2-6,9H2,(H,24,25). The molecule has 25 heavy (non-hydrogen) atoms. The summed E-state index contributed by atoms with van der Waals surface area (Å²) in [7, 11) is 0. The molecule has 4 rings (SSSR count). The van der Waals surface area contributed by atoms with E-state index in [1.807, 2.05) is 6.08 Å². The van der Waals surface area contributed by atoms with E-state index in [4.69, 9.17) is 0 Å². The highest BCUT2D eigenvalue weighted by Crippen LogP contribution is 2.29. The van der Waals surface area contributed by atoms with Gasteiger partial charge < -0.3 is 15.0 Å². The Morgan fingerprint density at radius 2 is 2.00 bits per heavy atom. The molecule has 1 aliphatic carbocycles. The van der Waals surface area contributed by atoms with E-state index >= 15 is 0 Å². The van der Waals surface area contributed by atoms with E-state index < -0.39 is 17.2 Å². The largest absolute Gasteiger partial charge is 0.477 e. The maximum absolute atomic E-state index is 14.6. The fourth-order valence-corrected chi connectivity index (χ4v) is 3.25. The molecule has 1 saturated heterocycles. The molecule has 2 aromatic rings. The molecule has 1 fully saturated rings. The van der Waals surface area contributed by atoms with Crippen molar-refractivity contribution in [1.82, 2.24) is 14.8 Å². The van der Waals surface area contributed by atoms with Gasteiger partial charge in [-0.15, -0.1) is 0 Å². The number of aromatic carboxylic acids is 1. The van der Waals surface area contributed by atoms with Gasteiger partial charge in [0.05, 0.1) is 5.52 Å². The molecule has 1 aliphatic heterocycles. The lowest BCUT2D eigenvalue weighted by Gasteiger charge is -2.27. The zero-order chi connectivity index (χ0) is 17.6. The van der Waals surface area contributed by atoms with Crippen LogP contribution in [0.1, 0.15) is 22.3 Å². The van der Waals surface area contributed by atoms with E-state index in [1.54, 1.807) is 10.6 Å². The van der Waals surface area contributed by atoms with Gasteiger partial charge in [-0.25, -0.2) is 9.18 Å². The van der Waals surface area contributed by atoms with Gasteiger partial charge >= 0.3 is 5.97 Å². The van der Waals surface area contributed by atoms with Crippen LogP contribution in [0.15, 0.2) is 29.2 Å². The van der Waals surface area contributed by atoms with Crippen LogP contribution in [0.25, 0.3) is 16.6 Å². The van der Waals surface area contributed by atoms with Gasteiger partial charge in [0.2, 0.25) is 5.43 Å². The minimum atomic E-state index is -1.30. The first kappa shape index (κ1) is 16.0. The van der Waals surface area contributed by atoms with Crippen molar-refractivity contribution in [2.75, 3.05) is 26.2 Å². The Balaban J connectivity index is 1.85. The van der Waals surface area contributed by atoms with Gasteiger partial charge in [0, 0.05) is 62.0 Å². The summed E-state index contributed by atoms with van der Waals surface area (Å²) in [5.41, 5.74) is 1.02. The number of benzene rings is 1. The summed E-state index contributed by atoms with van der Waals surface area (Å²) in [6, 6.07) is 2.86. The smallest absolute Gasteiger partial charge is 0.341 e. The third-order valence-corrected chi connectivity index (χ3v) is 4.70. The molecular formula is C18H18FN3O3. The van der Waals surface area contributed by atoms with Gasteiger partial charge in [0.25, 0.3) is 0 Å². The normalized spacial score (nSPS) is 17.6. The van der Waals surface area contributed by atoms with Gasteiger partial charge in [0.1, 0.15) is 11.4 Å². The lowest BCUT2D eigenvalue weighted by atomic mass is 10.1. The molecule has 2 aliphatic rings. The number of hydrogen-bond donors (Lipinski definition) is 2. The van der Waals surface area contributed by atoms with Crippen LogP contribution in [-0.4, -0.2) is 46.7 Å². The van der Waals surface area contributed by atoms with Crippen LogP contribution in [0, 0.1) is 5.82 Å². The molecule has 1 aromatic carbocycles. The number of allylic oxidation sites excluding steroid dienone is 2. The number of aromatic nitrogens is 1. The maximum atomic E-state index is 14.6.